The van der Waals surface area contributed by atoms with E-state index in [1.165, 1.54) is 25.8 Å². The van der Waals surface area contributed by atoms with Gasteiger partial charge in [0, 0.05) is 18.6 Å². The molecule has 1 fully saturated rings. The highest BCUT2D eigenvalue weighted by Gasteiger charge is 2.30. The molecule has 0 saturated heterocycles. The van der Waals surface area contributed by atoms with Gasteiger partial charge >= 0.3 is 0 Å². The van der Waals surface area contributed by atoms with Crippen LogP contribution in [0.15, 0.2) is 12.7 Å². The van der Waals surface area contributed by atoms with E-state index in [0.717, 1.165) is 24.9 Å². The summed E-state index contributed by atoms with van der Waals surface area (Å²) in [5.41, 5.74) is 6.08. The van der Waals surface area contributed by atoms with Crippen molar-refractivity contribution in [3.05, 3.63) is 12.7 Å². The molecule has 2 atom stereocenters. The predicted molar refractivity (Wildman–Crippen MR) is 71.4 cm³/mol. The van der Waals surface area contributed by atoms with E-state index in [-0.39, 0.29) is 5.54 Å². The standard InChI is InChI=1S/C14H28N2/c1-5-9-16(14(2,3)4)11-13-8-6-7-12(13)10-15/h5,12-13H,1,6-11,15H2,2-4H3. The fourth-order valence-electron chi connectivity index (χ4n) is 2.73. The highest BCUT2D eigenvalue weighted by molar-refractivity contribution is 4.88. The third-order valence-corrected chi connectivity index (χ3v) is 3.87. The van der Waals surface area contributed by atoms with E-state index in [0.29, 0.717) is 0 Å². The van der Waals surface area contributed by atoms with Crippen LogP contribution in [0.5, 0.6) is 0 Å². The van der Waals surface area contributed by atoms with Gasteiger partial charge in [0.25, 0.3) is 0 Å². The zero-order chi connectivity index (χ0) is 12.2. The molecule has 2 N–H and O–H groups in total. The second-order valence-corrected chi connectivity index (χ2v) is 6.05. The monoisotopic (exact) mass is 224 g/mol. The molecule has 1 aliphatic carbocycles. The maximum absolute atomic E-state index is 5.84. The van der Waals surface area contributed by atoms with Crippen LogP contribution in [0, 0.1) is 11.8 Å². The molecule has 16 heavy (non-hydrogen) atoms. The van der Waals surface area contributed by atoms with E-state index in [4.69, 9.17) is 5.73 Å². The molecule has 0 aromatic rings. The molecule has 0 radical (unpaired) electrons. The molecule has 0 heterocycles. The summed E-state index contributed by atoms with van der Waals surface area (Å²) in [6.45, 7) is 13.7. The number of hydrogen-bond donors (Lipinski definition) is 1. The minimum absolute atomic E-state index is 0.232. The van der Waals surface area contributed by atoms with E-state index < -0.39 is 0 Å². The molecule has 0 bridgehead atoms. The van der Waals surface area contributed by atoms with Gasteiger partial charge in [-0.2, -0.15) is 0 Å². The van der Waals surface area contributed by atoms with Crippen LogP contribution in [-0.4, -0.2) is 30.1 Å². The second kappa shape index (κ2) is 5.83. The topological polar surface area (TPSA) is 29.3 Å². The van der Waals surface area contributed by atoms with Crippen LogP contribution in [0.4, 0.5) is 0 Å². The van der Waals surface area contributed by atoms with Gasteiger partial charge in [-0.1, -0.05) is 12.5 Å². The van der Waals surface area contributed by atoms with Crippen molar-refractivity contribution in [2.24, 2.45) is 17.6 Å². The smallest absolute Gasteiger partial charge is 0.0165 e. The van der Waals surface area contributed by atoms with Crippen molar-refractivity contribution in [2.75, 3.05) is 19.6 Å². The fourth-order valence-corrected chi connectivity index (χ4v) is 2.73. The lowest BCUT2D eigenvalue weighted by molar-refractivity contribution is 0.118. The fraction of sp³-hybridized carbons (Fsp3) is 0.857. The van der Waals surface area contributed by atoms with Gasteiger partial charge in [-0.25, -0.2) is 0 Å². The van der Waals surface area contributed by atoms with E-state index >= 15 is 0 Å². The summed E-state index contributed by atoms with van der Waals surface area (Å²) in [6.07, 6.45) is 6.05. The second-order valence-electron chi connectivity index (χ2n) is 6.05. The summed E-state index contributed by atoms with van der Waals surface area (Å²) >= 11 is 0. The van der Waals surface area contributed by atoms with E-state index in [1.807, 2.05) is 6.08 Å². The summed E-state index contributed by atoms with van der Waals surface area (Å²) in [6, 6.07) is 0. The first-order chi connectivity index (χ1) is 7.49. The van der Waals surface area contributed by atoms with Gasteiger partial charge in [-0.3, -0.25) is 4.90 Å². The van der Waals surface area contributed by atoms with Crippen LogP contribution in [0.1, 0.15) is 40.0 Å². The van der Waals surface area contributed by atoms with Crippen molar-refractivity contribution >= 4 is 0 Å². The minimum Gasteiger partial charge on any atom is -0.330 e. The Kier molecular flexibility index (Phi) is 5.00. The Labute approximate surface area is 101 Å². The van der Waals surface area contributed by atoms with Crippen molar-refractivity contribution < 1.29 is 0 Å². The molecule has 0 aromatic carbocycles. The SMILES string of the molecule is C=CCN(CC1CCCC1CN)C(C)(C)C. The quantitative estimate of drug-likeness (QED) is 0.727. The van der Waals surface area contributed by atoms with Gasteiger partial charge in [0.1, 0.15) is 0 Å². The van der Waals surface area contributed by atoms with Crippen LogP contribution in [0.3, 0.4) is 0 Å². The molecule has 1 saturated carbocycles. The molecular weight excluding hydrogens is 196 g/mol. The van der Waals surface area contributed by atoms with Gasteiger partial charge < -0.3 is 5.73 Å². The summed E-state index contributed by atoms with van der Waals surface area (Å²) in [5.74, 6) is 1.54. The molecule has 2 heteroatoms. The lowest BCUT2D eigenvalue weighted by Gasteiger charge is -2.37. The maximum Gasteiger partial charge on any atom is 0.0165 e. The molecule has 2 unspecified atom stereocenters. The van der Waals surface area contributed by atoms with E-state index in [2.05, 4.69) is 32.3 Å². The zero-order valence-electron chi connectivity index (χ0n) is 11.2. The summed E-state index contributed by atoms with van der Waals surface area (Å²) in [5, 5.41) is 0. The lowest BCUT2D eigenvalue weighted by atomic mass is 9.93. The third-order valence-electron chi connectivity index (χ3n) is 3.87. The molecule has 0 aromatic heterocycles. The summed E-state index contributed by atoms with van der Waals surface area (Å²) < 4.78 is 0. The zero-order valence-corrected chi connectivity index (χ0v) is 11.2. The van der Waals surface area contributed by atoms with E-state index in [1.54, 1.807) is 0 Å². The Balaban J connectivity index is 2.57. The Hall–Kier alpha value is -0.340. The van der Waals surface area contributed by atoms with Crippen LogP contribution >= 0.6 is 0 Å². The number of nitrogens with two attached hydrogens (primary N) is 1. The first-order valence-electron chi connectivity index (χ1n) is 6.55. The van der Waals surface area contributed by atoms with Crippen molar-refractivity contribution in [1.29, 1.82) is 0 Å². The average molecular weight is 224 g/mol. The Morgan fingerprint density at radius 1 is 1.31 bits per heavy atom. The Bertz CT molecular complexity index is 217. The Morgan fingerprint density at radius 2 is 1.94 bits per heavy atom. The first kappa shape index (κ1) is 13.7. The number of nitrogens with zero attached hydrogens (tertiary/aromatic N) is 1. The van der Waals surface area contributed by atoms with Gasteiger partial charge in [0.2, 0.25) is 0 Å². The minimum atomic E-state index is 0.232. The van der Waals surface area contributed by atoms with Gasteiger partial charge in [-0.15, -0.1) is 6.58 Å². The molecule has 0 aliphatic heterocycles. The van der Waals surface area contributed by atoms with Crippen molar-refractivity contribution in [3.63, 3.8) is 0 Å². The number of rotatable bonds is 5. The normalized spacial score (nSPS) is 26.3. The molecule has 1 aliphatic rings. The van der Waals surface area contributed by atoms with Crippen molar-refractivity contribution in [1.82, 2.24) is 4.90 Å². The molecule has 94 valence electrons. The largest absolute Gasteiger partial charge is 0.330 e. The van der Waals surface area contributed by atoms with E-state index in [9.17, 15) is 0 Å². The Morgan fingerprint density at radius 3 is 2.44 bits per heavy atom. The molecule has 2 nitrogen and oxygen atoms in total. The summed E-state index contributed by atoms with van der Waals surface area (Å²) in [7, 11) is 0. The number of hydrogen-bond acceptors (Lipinski definition) is 2. The first-order valence-corrected chi connectivity index (χ1v) is 6.55. The summed E-state index contributed by atoms with van der Waals surface area (Å²) in [4.78, 5) is 2.53. The lowest BCUT2D eigenvalue weighted by Crippen LogP contribution is -2.45. The molecular formula is C14H28N2. The average Bonchev–Trinajstić information content (AvgIpc) is 2.63. The highest BCUT2D eigenvalue weighted by Crippen LogP contribution is 2.32. The molecule has 1 rings (SSSR count). The van der Waals surface area contributed by atoms with Crippen molar-refractivity contribution in [2.45, 2.75) is 45.6 Å². The van der Waals surface area contributed by atoms with Crippen molar-refractivity contribution in [3.8, 4) is 0 Å². The molecule has 0 amide bonds. The van der Waals surface area contributed by atoms with Crippen LogP contribution < -0.4 is 5.73 Å². The highest BCUT2D eigenvalue weighted by atomic mass is 15.2. The van der Waals surface area contributed by atoms with Crippen LogP contribution in [0.2, 0.25) is 0 Å². The molecule has 0 spiro atoms. The van der Waals surface area contributed by atoms with Gasteiger partial charge in [-0.05, 0) is 52.0 Å². The van der Waals surface area contributed by atoms with Crippen LogP contribution in [0.25, 0.3) is 0 Å². The predicted octanol–water partition coefficient (Wildman–Crippen LogP) is 2.65. The van der Waals surface area contributed by atoms with Gasteiger partial charge in [0.05, 0.1) is 0 Å². The van der Waals surface area contributed by atoms with Crippen LogP contribution in [-0.2, 0) is 0 Å². The maximum atomic E-state index is 5.84. The van der Waals surface area contributed by atoms with Gasteiger partial charge in [0.15, 0.2) is 0 Å². The third kappa shape index (κ3) is 3.60.